The zero-order chi connectivity index (χ0) is 13.4. The minimum Gasteiger partial charge on any atom is -0.313 e. The van der Waals surface area contributed by atoms with E-state index in [-0.39, 0.29) is 5.65 Å². The van der Waals surface area contributed by atoms with Crippen LogP contribution in [-0.2, 0) is 6.42 Å². The van der Waals surface area contributed by atoms with Crippen molar-refractivity contribution in [1.29, 1.82) is 0 Å². The van der Waals surface area contributed by atoms with Gasteiger partial charge >= 0.3 is 5.76 Å². The van der Waals surface area contributed by atoms with Crippen LogP contribution in [0.25, 0.3) is 5.65 Å². The lowest BCUT2D eigenvalue weighted by Gasteiger charge is -2.03. The molecule has 0 saturated carbocycles. The van der Waals surface area contributed by atoms with E-state index in [0.717, 1.165) is 10.1 Å². The van der Waals surface area contributed by atoms with E-state index in [1.54, 1.807) is 18.3 Å². The maximum atomic E-state index is 13.5. The Hall–Kier alpha value is -2.21. The molecule has 3 aromatic rings. The highest BCUT2D eigenvalue weighted by Crippen LogP contribution is 2.14. The molecular weight excluding hydrogens is 273 g/mol. The van der Waals surface area contributed by atoms with Crippen LogP contribution < -0.4 is 5.76 Å². The largest absolute Gasteiger partial charge is 0.460 e. The summed E-state index contributed by atoms with van der Waals surface area (Å²) >= 11 is 5.70. The molecule has 0 bridgehead atoms. The highest BCUT2D eigenvalue weighted by Gasteiger charge is 2.11. The third-order valence-electron chi connectivity index (χ3n) is 2.63. The van der Waals surface area contributed by atoms with Crippen LogP contribution in [0.1, 0.15) is 11.3 Å². The lowest BCUT2D eigenvalue weighted by atomic mass is 10.1. The normalized spacial score (nSPS) is 11.1. The molecule has 96 valence electrons. The van der Waals surface area contributed by atoms with Gasteiger partial charge in [0.15, 0.2) is 5.82 Å². The first kappa shape index (κ1) is 11.9. The first-order valence-corrected chi connectivity index (χ1v) is 5.79. The first-order valence-electron chi connectivity index (χ1n) is 5.41. The van der Waals surface area contributed by atoms with Crippen LogP contribution in [0.5, 0.6) is 0 Å². The number of nitrogens with zero attached hydrogens (tertiary/aromatic N) is 3. The van der Waals surface area contributed by atoms with Crippen LogP contribution >= 0.6 is 11.6 Å². The molecule has 0 amide bonds. The zero-order valence-corrected chi connectivity index (χ0v) is 10.3. The summed E-state index contributed by atoms with van der Waals surface area (Å²) in [5.41, 5.74) is 1.33. The summed E-state index contributed by atoms with van der Waals surface area (Å²) in [5, 5.41) is 0.391. The first-order chi connectivity index (χ1) is 9.13. The van der Waals surface area contributed by atoms with Crippen LogP contribution in [0.3, 0.4) is 0 Å². The maximum Gasteiger partial charge on any atom is 0.460 e. The van der Waals surface area contributed by atoms with Crippen molar-refractivity contribution in [1.82, 2.24) is 14.5 Å². The molecule has 5 nitrogen and oxygen atoms in total. The fourth-order valence-electron chi connectivity index (χ4n) is 1.78. The Morgan fingerprint density at radius 1 is 1.32 bits per heavy atom. The molecule has 0 spiro atoms. The Morgan fingerprint density at radius 3 is 2.89 bits per heavy atom. The number of rotatable bonds is 2. The second-order valence-electron chi connectivity index (χ2n) is 3.93. The van der Waals surface area contributed by atoms with Crippen LogP contribution in [0, 0.1) is 5.82 Å². The number of hydrogen-bond acceptors (Lipinski definition) is 4. The topological polar surface area (TPSA) is 60.4 Å². The molecule has 0 unspecified atom stereocenters. The van der Waals surface area contributed by atoms with Crippen molar-refractivity contribution in [3.05, 3.63) is 63.2 Å². The average molecular weight is 280 g/mol. The van der Waals surface area contributed by atoms with E-state index < -0.39 is 11.6 Å². The Morgan fingerprint density at radius 2 is 2.16 bits per heavy atom. The Balaban J connectivity index is 2.08. The molecule has 0 saturated heterocycles. The second-order valence-corrected chi connectivity index (χ2v) is 4.31. The summed E-state index contributed by atoms with van der Waals surface area (Å²) in [7, 11) is 0. The van der Waals surface area contributed by atoms with E-state index in [1.165, 1.54) is 12.1 Å². The molecule has 3 rings (SSSR count). The summed E-state index contributed by atoms with van der Waals surface area (Å²) in [4.78, 5) is 18.5. The fourth-order valence-corrected chi connectivity index (χ4v) is 1.89. The standard InChI is InChI=1S/C12H7ClFN3O2/c13-10-4-1-7(6-15-10)5-8-2-3-9(14)11-16-12(18)19-17(8)11/h1-4,6H,5H2. The van der Waals surface area contributed by atoms with E-state index in [4.69, 9.17) is 16.1 Å². The van der Waals surface area contributed by atoms with E-state index in [9.17, 15) is 9.18 Å². The third-order valence-corrected chi connectivity index (χ3v) is 2.85. The number of halogens is 2. The van der Waals surface area contributed by atoms with Gasteiger partial charge in [0.25, 0.3) is 0 Å². The molecule has 0 aliphatic carbocycles. The van der Waals surface area contributed by atoms with Gasteiger partial charge in [-0.1, -0.05) is 17.7 Å². The summed E-state index contributed by atoms with van der Waals surface area (Å²) in [5.74, 6) is -1.44. The van der Waals surface area contributed by atoms with Crippen molar-refractivity contribution in [2.45, 2.75) is 6.42 Å². The van der Waals surface area contributed by atoms with Gasteiger partial charge in [0, 0.05) is 12.6 Å². The molecule has 0 aromatic carbocycles. The summed E-state index contributed by atoms with van der Waals surface area (Å²) < 4.78 is 19.4. The molecule has 0 atom stereocenters. The van der Waals surface area contributed by atoms with Crippen LogP contribution in [-0.4, -0.2) is 14.5 Å². The molecule has 3 aromatic heterocycles. The summed E-state index contributed by atoms with van der Waals surface area (Å²) in [6.45, 7) is 0. The quantitative estimate of drug-likeness (QED) is 0.674. The minimum absolute atomic E-state index is 0.121. The monoisotopic (exact) mass is 279 g/mol. The SMILES string of the molecule is O=c1nc2c(F)ccc(Cc3ccc(Cl)nc3)n2o1. The number of aromatic nitrogens is 3. The molecule has 0 aliphatic rings. The highest BCUT2D eigenvalue weighted by molar-refractivity contribution is 6.29. The second kappa shape index (κ2) is 4.47. The van der Waals surface area contributed by atoms with Gasteiger partial charge in [-0.3, -0.25) is 0 Å². The van der Waals surface area contributed by atoms with Gasteiger partial charge in [-0.05, 0) is 23.8 Å². The molecule has 0 radical (unpaired) electrons. The van der Waals surface area contributed by atoms with Gasteiger partial charge < -0.3 is 4.52 Å². The third kappa shape index (κ3) is 2.22. The van der Waals surface area contributed by atoms with E-state index in [0.29, 0.717) is 17.3 Å². The molecule has 0 N–H and O–H groups in total. The average Bonchev–Trinajstić information content (AvgIpc) is 2.78. The van der Waals surface area contributed by atoms with Crippen molar-refractivity contribution in [3.8, 4) is 0 Å². The highest BCUT2D eigenvalue weighted by atomic mass is 35.5. The molecule has 7 heteroatoms. The van der Waals surface area contributed by atoms with Crippen LogP contribution in [0.4, 0.5) is 4.39 Å². The van der Waals surface area contributed by atoms with Crippen molar-refractivity contribution in [2.24, 2.45) is 0 Å². The minimum atomic E-state index is -0.833. The van der Waals surface area contributed by atoms with E-state index >= 15 is 0 Å². The van der Waals surface area contributed by atoms with Crippen molar-refractivity contribution >= 4 is 17.2 Å². The molecule has 0 aliphatic heterocycles. The molecule has 19 heavy (non-hydrogen) atoms. The van der Waals surface area contributed by atoms with Gasteiger partial charge in [0.05, 0.1) is 5.69 Å². The molecule has 3 heterocycles. The maximum absolute atomic E-state index is 13.5. The van der Waals surface area contributed by atoms with Crippen LogP contribution in [0.2, 0.25) is 5.15 Å². The zero-order valence-electron chi connectivity index (χ0n) is 9.51. The van der Waals surface area contributed by atoms with Crippen molar-refractivity contribution in [2.75, 3.05) is 0 Å². The van der Waals surface area contributed by atoms with Gasteiger partial charge in [-0.25, -0.2) is 14.2 Å². The van der Waals surface area contributed by atoms with E-state index in [1.807, 2.05) is 0 Å². The van der Waals surface area contributed by atoms with Gasteiger partial charge in [0.1, 0.15) is 5.15 Å². The molecule has 0 fully saturated rings. The number of hydrogen-bond donors (Lipinski definition) is 0. The number of pyridine rings is 2. The lowest BCUT2D eigenvalue weighted by molar-refractivity contribution is 0.334. The van der Waals surface area contributed by atoms with Crippen molar-refractivity contribution < 1.29 is 8.91 Å². The fraction of sp³-hybridized carbons (Fsp3) is 0.0833. The Kier molecular flexibility index (Phi) is 2.79. The summed E-state index contributed by atoms with van der Waals surface area (Å²) in [6, 6.07) is 6.22. The summed E-state index contributed by atoms with van der Waals surface area (Å²) in [6.07, 6.45) is 2.02. The molecular formula is C12H7ClFN3O2. The van der Waals surface area contributed by atoms with Gasteiger partial charge in [-0.15, -0.1) is 4.98 Å². The predicted molar refractivity (Wildman–Crippen MR) is 65.7 cm³/mol. The van der Waals surface area contributed by atoms with E-state index in [2.05, 4.69) is 9.97 Å². The van der Waals surface area contributed by atoms with Gasteiger partial charge in [-0.2, -0.15) is 4.57 Å². The van der Waals surface area contributed by atoms with Crippen LogP contribution in [0.15, 0.2) is 39.8 Å². The smallest absolute Gasteiger partial charge is 0.313 e. The van der Waals surface area contributed by atoms with Gasteiger partial charge in [0.2, 0.25) is 5.65 Å². The number of fused-ring (bicyclic) bond motifs is 1. The Bertz CT molecular complexity index is 795. The lowest BCUT2D eigenvalue weighted by Crippen LogP contribution is -1.99. The Labute approximate surface area is 111 Å². The predicted octanol–water partition coefficient (Wildman–Crippen LogP) is 2.07. The van der Waals surface area contributed by atoms with Crippen molar-refractivity contribution in [3.63, 3.8) is 0 Å².